The van der Waals surface area contributed by atoms with E-state index in [1.807, 2.05) is 13.0 Å². The second kappa shape index (κ2) is 8.21. The minimum Gasteiger partial charge on any atom is -0.384 e. The van der Waals surface area contributed by atoms with Gasteiger partial charge in [0.1, 0.15) is 6.61 Å². The maximum atomic E-state index is 12.2. The van der Waals surface area contributed by atoms with E-state index >= 15 is 0 Å². The van der Waals surface area contributed by atoms with Crippen LogP contribution in [0.3, 0.4) is 0 Å². The van der Waals surface area contributed by atoms with Crippen molar-refractivity contribution in [2.75, 3.05) is 13.2 Å². The van der Waals surface area contributed by atoms with E-state index in [-0.39, 0.29) is 12.5 Å². The molecule has 116 valence electrons. The summed E-state index contributed by atoms with van der Waals surface area (Å²) in [4.78, 5) is 13.8. The van der Waals surface area contributed by atoms with E-state index in [2.05, 4.69) is 44.9 Å². The molecule has 0 fully saturated rings. The zero-order chi connectivity index (χ0) is 16.0. The van der Waals surface area contributed by atoms with Gasteiger partial charge in [-0.05, 0) is 36.3 Å². The lowest BCUT2D eigenvalue weighted by molar-refractivity contribution is 0.0941. The number of carbonyl (C=O) groups is 1. The summed E-state index contributed by atoms with van der Waals surface area (Å²) < 4.78 is 0. The second-order valence-corrected chi connectivity index (χ2v) is 7.00. The van der Waals surface area contributed by atoms with Crippen LogP contribution in [0, 0.1) is 36.5 Å². The molecule has 0 atom stereocenters. The maximum Gasteiger partial charge on any atom is 0.261 e. The van der Waals surface area contributed by atoms with Gasteiger partial charge in [0.05, 0.1) is 9.75 Å². The summed E-state index contributed by atoms with van der Waals surface area (Å²) in [6, 6.07) is 1.86. The van der Waals surface area contributed by atoms with Crippen LogP contribution in [0.1, 0.15) is 47.8 Å². The summed E-state index contributed by atoms with van der Waals surface area (Å²) in [5.41, 5.74) is 0.982. The number of amides is 1. The molecule has 21 heavy (non-hydrogen) atoms. The lowest BCUT2D eigenvalue weighted by atomic mass is 9.85. The predicted molar refractivity (Wildman–Crippen MR) is 88.5 cm³/mol. The van der Waals surface area contributed by atoms with Gasteiger partial charge in [0.25, 0.3) is 5.91 Å². The van der Waals surface area contributed by atoms with Gasteiger partial charge in [0.2, 0.25) is 0 Å². The number of aliphatic hydroxyl groups excluding tert-OH is 1. The SMILES string of the molecule is Cc1cc(C(=O)NCC(C(C)C)C(C)C)sc1C#CCO. The van der Waals surface area contributed by atoms with E-state index in [0.29, 0.717) is 29.2 Å². The van der Waals surface area contributed by atoms with Crippen LogP contribution in [-0.4, -0.2) is 24.2 Å². The molecule has 0 aliphatic rings. The average molecular weight is 307 g/mol. The van der Waals surface area contributed by atoms with Crippen molar-refractivity contribution in [1.82, 2.24) is 5.32 Å². The predicted octanol–water partition coefficient (Wildman–Crippen LogP) is 3.06. The highest BCUT2D eigenvalue weighted by molar-refractivity contribution is 7.14. The van der Waals surface area contributed by atoms with Crippen molar-refractivity contribution < 1.29 is 9.90 Å². The van der Waals surface area contributed by atoms with Crippen LogP contribution in [0.5, 0.6) is 0 Å². The van der Waals surface area contributed by atoms with Crippen molar-refractivity contribution >= 4 is 17.2 Å². The Morgan fingerprint density at radius 1 is 1.33 bits per heavy atom. The van der Waals surface area contributed by atoms with Crippen LogP contribution in [0.15, 0.2) is 6.07 Å². The monoisotopic (exact) mass is 307 g/mol. The first kappa shape index (κ1) is 17.7. The number of nitrogens with one attached hydrogen (secondary N) is 1. The van der Waals surface area contributed by atoms with Gasteiger partial charge in [-0.2, -0.15) is 0 Å². The highest BCUT2D eigenvalue weighted by Gasteiger charge is 2.19. The van der Waals surface area contributed by atoms with Gasteiger partial charge >= 0.3 is 0 Å². The topological polar surface area (TPSA) is 49.3 Å². The molecule has 3 nitrogen and oxygen atoms in total. The number of aryl methyl sites for hydroxylation is 1. The molecule has 1 aromatic heterocycles. The Labute approximate surface area is 131 Å². The lowest BCUT2D eigenvalue weighted by Gasteiger charge is -2.24. The minimum atomic E-state index is -0.163. The molecule has 1 heterocycles. The molecule has 0 bridgehead atoms. The fraction of sp³-hybridized carbons (Fsp3) is 0.588. The van der Waals surface area contributed by atoms with Crippen molar-refractivity contribution in [2.45, 2.75) is 34.6 Å². The van der Waals surface area contributed by atoms with Gasteiger partial charge in [-0.3, -0.25) is 4.79 Å². The van der Waals surface area contributed by atoms with E-state index in [9.17, 15) is 4.79 Å². The molecule has 0 radical (unpaired) electrons. The molecule has 4 heteroatoms. The third kappa shape index (κ3) is 5.18. The standard InChI is InChI=1S/C17H25NO2S/c1-11(2)14(12(3)4)10-18-17(20)16-9-13(5)15(21-16)7-6-8-19/h9,11-12,14,19H,8,10H2,1-5H3,(H,18,20). The third-order valence-corrected chi connectivity index (χ3v) is 4.78. The smallest absolute Gasteiger partial charge is 0.261 e. The first-order valence-corrected chi connectivity index (χ1v) is 8.16. The third-order valence-electron chi connectivity index (χ3n) is 3.63. The van der Waals surface area contributed by atoms with E-state index in [0.717, 1.165) is 10.4 Å². The van der Waals surface area contributed by atoms with E-state index in [1.54, 1.807) is 0 Å². The summed E-state index contributed by atoms with van der Waals surface area (Å²) in [7, 11) is 0. The first-order chi connectivity index (χ1) is 9.86. The van der Waals surface area contributed by atoms with Gasteiger partial charge in [-0.1, -0.05) is 39.5 Å². The molecule has 1 aromatic rings. The Morgan fingerprint density at radius 2 is 1.95 bits per heavy atom. The Hall–Kier alpha value is -1.31. The van der Waals surface area contributed by atoms with Crippen LogP contribution in [0.4, 0.5) is 0 Å². The van der Waals surface area contributed by atoms with Crippen molar-refractivity contribution in [2.24, 2.45) is 17.8 Å². The summed E-state index contributed by atoms with van der Waals surface area (Å²) in [6.45, 7) is 11.2. The highest BCUT2D eigenvalue weighted by atomic mass is 32.1. The number of rotatable bonds is 5. The molecular formula is C17H25NO2S. The quantitative estimate of drug-likeness (QED) is 0.821. The number of hydrogen-bond acceptors (Lipinski definition) is 3. The molecule has 0 saturated carbocycles. The molecule has 0 aliphatic heterocycles. The van der Waals surface area contributed by atoms with E-state index < -0.39 is 0 Å². The molecular weight excluding hydrogens is 282 g/mol. The molecule has 1 amide bonds. The molecule has 0 saturated heterocycles. The van der Waals surface area contributed by atoms with Gasteiger partial charge in [0, 0.05) is 6.54 Å². The largest absolute Gasteiger partial charge is 0.384 e. The molecule has 0 spiro atoms. The zero-order valence-electron chi connectivity index (χ0n) is 13.5. The first-order valence-electron chi connectivity index (χ1n) is 7.35. The lowest BCUT2D eigenvalue weighted by Crippen LogP contribution is -2.33. The maximum absolute atomic E-state index is 12.2. The Balaban J connectivity index is 2.72. The fourth-order valence-corrected chi connectivity index (χ4v) is 3.34. The van der Waals surface area contributed by atoms with Gasteiger partial charge in [0.15, 0.2) is 0 Å². The normalized spacial score (nSPS) is 10.9. The van der Waals surface area contributed by atoms with Crippen LogP contribution in [-0.2, 0) is 0 Å². The second-order valence-electron chi connectivity index (χ2n) is 5.94. The Morgan fingerprint density at radius 3 is 2.48 bits per heavy atom. The van der Waals surface area contributed by atoms with E-state index in [4.69, 9.17) is 5.11 Å². The van der Waals surface area contributed by atoms with Crippen molar-refractivity contribution in [3.63, 3.8) is 0 Å². The summed E-state index contributed by atoms with van der Waals surface area (Å²) in [5.74, 6) is 7.03. The number of thiophene rings is 1. The molecule has 0 aliphatic carbocycles. The van der Waals surface area contributed by atoms with Crippen molar-refractivity contribution in [1.29, 1.82) is 0 Å². The molecule has 0 unspecified atom stereocenters. The summed E-state index contributed by atoms with van der Waals surface area (Å²) >= 11 is 1.38. The number of hydrogen-bond donors (Lipinski definition) is 2. The molecule has 2 N–H and O–H groups in total. The fourth-order valence-electron chi connectivity index (χ4n) is 2.38. The minimum absolute atomic E-state index is 0.0357. The summed E-state index contributed by atoms with van der Waals surface area (Å²) in [6.07, 6.45) is 0. The van der Waals surface area contributed by atoms with Gasteiger partial charge in [-0.25, -0.2) is 0 Å². The zero-order valence-corrected chi connectivity index (χ0v) is 14.3. The van der Waals surface area contributed by atoms with Crippen molar-refractivity contribution in [3.05, 3.63) is 21.4 Å². The van der Waals surface area contributed by atoms with Crippen LogP contribution in [0.25, 0.3) is 0 Å². The van der Waals surface area contributed by atoms with Crippen LogP contribution in [0.2, 0.25) is 0 Å². The van der Waals surface area contributed by atoms with Gasteiger partial charge in [-0.15, -0.1) is 11.3 Å². The van der Waals surface area contributed by atoms with Crippen LogP contribution >= 0.6 is 11.3 Å². The number of carbonyl (C=O) groups excluding carboxylic acids is 1. The summed E-state index contributed by atoms with van der Waals surface area (Å²) in [5, 5.41) is 11.8. The molecule has 1 rings (SSSR count). The Bertz CT molecular complexity index is 527. The Kier molecular flexibility index (Phi) is 6.94. The van der Waals surface area contributed by atoms with Crippen LogP contribution < -0.4 is 5.32 Å². The highest BCUT2D eigenvalue weighted by Crippen LogP contribution is 2.22. The molecule has 0 aromatic carbocycles. The van der Waals surface area contributed by atoms with Crippen molar-refractivity contribution in [3.8, 4) is 11.8 Å². The van der Waals surface area contributed by atoms with E-state index in [1.165, 1.54) is 11.3 Å². The average Bonchev–Trinajstić information content (AvgIpc) is 2.77. The number of aliphatic hydroxyl groups is 1. The van der Waals surface area contributed by atoms with Gasteiger partial charge < -0.3 is 10.4 Å².